The zero-order valence-corrected chi connectivity index (χ0v) is 14.0. The molecule has 1 aliphatic rings. The second-order valence-corrected chi connectivity index (χ2v) is 7.29. The molecular formula is C17H36N2. The minimum atomic E-state index is 0.504. The first kappa shape index (κ1) is 17.0. The van der Waals surface area contributed by atoms with Gasteiger partial charge in [-0.3, -0.25) is 0 Å². The third-order valence-corrected chi connectivity index (χ3v) is 4.82. The predicted molar refractivity (Wildman–Crippen MR) is 85.6 cm³/mol. The molecule has 0 aromatic rings. The van der Waals surface area contributed by atoms with E-state index in [0.29, 0.717) is 5.41 Å². The highest BCUT2D eigenvalue weighted by atomic mass is 15.1. The van der Waals surface area contributed by atoms with Crippen molar-refractivity contribution in [3.8, 4) is 0 Å². The van der Waals surface area contributed by atoms with Crippen LogP contribution in [0, 0.1) is 11.3 Å². The minimum Gasteiger partial charge on any atom is -0.314 e. The SMILES string of the molecule is CCNC(CC)CCCN1CCC(C(C)(C)C)CC1. The Morgan fingerprint density at radius 2 is 1.79 bits per heavy atom. The molecule has 2 heteroatoms. The van der Waals surface area contributed by atoms with Gasteiger partial charge in [-0.25, -0.2) is 0 Å². The molecule has 0 saturated carbocycles. The first-order valence-electron chi connectivity index (χ1n) is 8.43. The monoisotopic (exact) mass is 268 g/mol. The smallest absolute Gasteiger partial charge is 0.00647 e. The molecule has 1 fully saturated rings. The first-order valence-corrected chi connectivity index (χ1v) is 8.43. The van der Waals surface area contributed by atoms with E-state index in [4.69, 9.17) is 0 Å². The van der Waals surface area contributed by atoms with Gasteiger partial charge in [-0.15, -0.1) is 0 Å². The third kappa shape index (κ3) is 6.27. The lowest BCUT2D eigenvalue weighted by atomic mass is 9.75. The molecule has 1 atom stereocenters. The molecule has 0 aromatic heterocycles. The molecule has 114 valence electrons. The molecule has 19 heavy (non-hydrogen) atoms. The lowest BCUT2D eigenvalue weighted by Crippen LogP contribution is -2.39. The Morgan fingerprint density at radius 3 is 2.26 bits per heavy atom. The molecule has 2 nitrogen and oxygen atoms in total. The Balaban J connectivity index is 2.16. The Morgan fingerprint density at radius 1 is 1.16 bits per heavy atom. The van der Waals surface area contributed by atoms with Crippen LogP contribution in [0.2, 0.25) is 0 Å². The maximum absolute atomic E-state index is 3.58. The molecule has 0 aliphatic carbocycles. The predicted octanol–water partition coefficient (Wildman–Crippen LogP) is 3.91. The quantitative estimate of drug-likeness (QED) is 0.753. The number of hydrogen-bond acceptors (Lipinski definition) is 2. The van der Waals surface area contributed by atoms with Crippen LogP contribution in [0.15, 0.2) is 0 Å². The Bertz CT molecular complexity index is 224. The fourth-order valence-electron chi connectivity index (χ4n) is 3.32. The van der Waals surface area contributed by atoms with E-state index in [1.54, 1.807) is 0 Å². The van der Waals surface area contributed by atoms with Gasteiger partial charge in [-0.1, -0.05) is 34.6 Å². The van der Waals surface area contributed by atoms with Crippen LogP contribution in [0.25, 0.3) is 0 Å². The van der Waals surface area contributed by atoms with Gasteiger partial charge in [0.25, 0.3) is 0 Å². The van der Waals surface area contributed by atoms with Crippen LogP contribution < -0.4 is 5.32 Å². The Hall–Kier alpha value is -0.0800. The fourth-order valence-corrected chi connectivity index (χ4v) is 3.32. The first-order chi connectivity index (χ1) is 8.97. The Labute approximate surface area is 121 Å². The molecule has 0 aromatic carbocycles. The van der Waals surface area contributed by atoms with Crippen LogP contribution in [-0.2, 0) is 0 Å². The van der Waals surface area contributed by atoms with Crippen molar-refractivity contribution in [2.24, 2.45) is 11.3 Å². The van der Waals surface area contributed by atoms with Crippen molar-refractivity contribution in [1.29, 1.82) is 0 Å². The average molecular weight is 268 g/mol. The van der Waals surface area contributed by atoms with Crippen molar-refractivity contribution in [1.82, 2.24) is 10.2 Å². The average Bonchev–Trinajstić information content (AvgIpc) is 2.37. The molecule has 0 bridgehead atoms. The van der Waals surface area contributed by atoms with E-state index in [9.17, 15) is 0 Å². The van der Waals surface area contributed by atoms with Gasteiger partial charge in [0.05, 0.1) is 0 Å². The summed E-state index contributed by atoms with van der Waals surface area (Å²) in [6.45, 7) is 16.7. The number of nitrogens with zero attached hydrogens (tertiary/aromatic N) is 1. The molecule has 1 rings (SSSR count). The Kier molecular flexibility index (Phi) is 7.38. The van der Waals surface area contributed by atoms with Gasteiger partial charge in [-0.2, -0.15) is 0 Å². The third-order valence-electron chi connectivity index (χ3n) is 4.82. The van der Waals surface area contributed by atoms with Gasteiger partial charge >= 0.3 is 0 Å². The van der Waals surface area contributed by atoms with Gasteiger partial charge in [-0.05, 0) is 69.6 Å². The summed E-state index contributed by atoms with van der Waals surface area (Å²) in [5.74, 6) is 0.925. The van der Waals surface area contributed by atoms with Crippen molar-refractivity contribution in [3.63, 3.8) is 0 Å². The summed E-state index contributed by atoms with van der Waals surface area (Å²) >= 11 is 0. The van der Waals surface area contributed by atoms with E-state index in [0.717, 1.165) is 18.5 Å². The van der Waals surface area contributed by atoms with Crippen molar-refractivity contribution in [3.05, 3.63) is 0 Å². The lowest BCUT2D eigenvalue weighted by Gasteiger charge is -2.38. The standard InChI is InChI=1S/C17H36N2/c1-6-16(18-7-2)9-8-12-19-13-10-15(11-14-19)17(3,4)5/h15-16,18H,6-14H2,1-5H3. The van der Waals surface area contributed by atoms with Gasteiger partial charge in [0.15, 0.2) is 0 Å². The summed E-state index contributed by atoms with van der Waals surface area (Å²) in [4.78, 5) is 2.68. The van der Waals surface area contributed by atoms with Crippen molar-refractivity contribution >= 4 is 0 Å². The highest BCUT2D eigenvalue weighted by molar-refractivity contribution is 4.80. The van der Waals surface area contributed by atoms with Crippen molar-refractivity contribution in [2.45, 2.75) is 72.8 Å². The maximum Gasteiger partial charge on any atom is 0.00647 e. The number of hydrogen-bond donors (Lipinski definition) is 1. The number of likely N-dealkylation sites (tertiary alicyclic amines) is 1. The molecule has 1 aliphatic heterocycles. The number of piperidine rings is 1. The van der Waals surface area contributed by atoms with Gasteiger partial charge in [0, 0.05) is 6.04 Å². The fraction of sp³-hybridized carbons (Fsp3) is 1.00. The van der Waals surface area contributed by atoms with E-state index in [2.05, 4.69) is 44.8 Å². The molecule has 0 amide bonds. The second kappa shape index (κ2) is 8.26. The highest BCUT2D eigenvalue weighted by Gasteiger charge is 2.28. The van der Waals surface area contributed by atoms with Crippen LogP contribution in [0.1, 0.15) is 66.7 Å². The van der Waals surface area contributed by atoms with E-state index in [1.165, 1.54) is 51.7 Å². The van der Waals surface area contributed by atoms with E-state index in [1.807, 2.05) is 0 Å². The van der Waals surface area contributed by atoms with E-state index < -0.39 is 0 Å². The zero-order chi connectivity index (χ0) is 14.3. The van der Waals surface area contributed by atoms with Crippen molar-refractivity contribution < 1.29 is 0 Å². The van der Waals surface area contributed by atoms with Crippen LogP contribution in [0.4, 0.5) is 0 Å². The molecule has 1 N–H and O–H groups in total. The maximum atomic E-state index is 3.58. The van der Waals surface area contributed by atoms with Crippen LogP contribution in [0.5, 0.6) is 0 Å². The lowest BCUT2D eigenvalue weighted by molar-refractivity contribution is 0.110. The highest BCUT2D eigenvalue weighted by Crippen LogP contribution is 2.34. The summed E-state index contributed by atoms with van der Waals surface area (Å²) < 4.78 is 0. The van der Waals surface area contributed by atoms with Gasteiger partial charge in [0.1, 0.15) is 0 Å². The number of nitrogens with one attached hydrogen (secondary N) is 1. The van der Waals surface area contributed by atoms with Crippen LogP contribution >= 0.6 is 0 Å². The summed E-state index contributed by atoms with van der Waals surface area (Å²) in [6.07, 6.45) is 6.75. The molecule has 1 heterocycles. The minimum absolute atomic E-state index is 0.504. The summed E-state index contributed by atoms with van der Waals surface area (Å²) in [6, 6.07) is 0.733. The van der Waals surface area contributed by atoms with Gasteiger partial charge < -0.3 is 10.2 Å². The normalized spacial score (nSPS) is 20.7. The molecule has 0 radical (unpaired) electrons. The second-order valence-electron chi connectivity index (χ2n) is 7.29. The molecule has 1 unspecified atom stereocenters. The largest absolute Gasteiger partial charge is 0.314 e. The summed E-state index contributed by atoms with van der Waals surface area (Å²) in [5, 5.41) is 3.58. The zero-order valence-electron chi connectivity index (χ0n) is 14.0. The van der Waals surface area contributed by atoms with Crippen LogP contribution in [-0.4, -0.2) is 37.1 Å². The van der Waals surface area contributed by atoms with Gasteiger partial charge in [0.2, 0.25) is 0 Å². The van der Waals surface area contributed by atoms with E-state index >= 15 is 0 Å². The molecular weight excluding hydrogens is 232 g/mol. The van der Waals surface area contributed by atoms with Crippen LogP contribution in [0.3, 0.4) is 0 Å². The molecule has 1 saturated heterocycles. The number of rotatable bonds is 7. The summed E-state index contributed by atoms with van der Waals surface area (Å²) in [7, 11) is 0. The molecule has 0 spiro atoms. The van der Waals surface area contributed by atoms with E-state index in [-0.39, 0.29) is 0 Å². The van der Waals surface area contributed by atoms with Crippen molar-refractivity contribution in [2.75, 3.05) is 26.2 Å². The summed E-state index contributed by atoms with van der Waals surface area (Å²) in [5.41, 5.74) is 0.504. The topological polar surface area (TPSA) is 15.3 Å².